The number of carbonyl (C=O) groups is 1. The lowest BCUT2D eigenvalue weighted by molar-refractivity contribution is 0.0944. The van der Waals surface area contributed by atoms with Gasteiger partial charge in [0.15, 0.2) is 0 Å². The van der Waals surface area contributed by atoms with Gasteiger partial charge in [0.05, 0.1) is 22.6 Å². The van der Waals surface area contributed by atoms with Gasteiger partial charge in [-0.1, -0.05) is 12.1 Å². The number of aryl methyl sites for hydroxylation is 2. The number of fused-ring (bicyclic) bond motifs is 1. The highest BCUT2D eigenvalue weighted by Crippen LogP contribution is 2.21. The van der Waals surface area contributed by atoms with E-state index in [2.05, 4.69) is 39.8 Å². The number of carbonyl (C=O) groups excluding carboxylic acids is 1. The number of hydrogen-bond donors (Lipinski definition) is 1. The lowest BCUT2D eigenvalue weighted by Crippen LogP contribution is -2.26. The van der Waals surface area contributed by atoms with Crippen molar-refractivity contribution in [3.8, 4) is 0 Å². The van der Waals surface area contributed by atoms with Crippen molar-refractivity contribution in [2.75, 3.05) is 0 Å². The Bertz CT molecular complexity index is 863. The van der Waals surface area contributed by atoms with Gasteiger partial charge < -0.3 is 9.88 Å². The Labute approximate surface area is 139 Å². The molecule has 2 aromatic heterocycles. The molecule has 0 saturated heterocycles. The molecular formula is C17H20N4OS. The third-order valence-electron chi connectivity index (χ3n) is 3.71. The monoisotopic (exact) mass is 328 g/mol. The average molecular weight is 328 g/mol. The number of nitrogens with zero attached hydrogens (tertiary/aromatic N) is 3. The first-order valence-corrected chi connectivity index (χ1v) is 8.47. The van der Waals surface area contributed by atoms with E-state index in [1.165, 1.54) is 11.3 Å². The molecule has 3 rings (SSSR count). The van der Waals surface area contributed by atoms with Crippen LogP contribution in [0.2, 0.25) is 0 Å². The molecule has 0 radical (unpaired) electrons. The van der Waals surface area contributed by atoms with Gasteiger partial charge in [-0.25, -0.2) is 9.97 Å². The van der Waals surface area contributed by atoms with E-state index in [0.29, 0.717) is 12.2 Å². The average Bonchev–Trinajstić information content (AvgIpc) is 3.04. The molecule has 0 aliphatic carbocycles. The molecule has 0 atom stereocenters. The van der Waals surface area contributed by atoms with Gasteiger partial charge in [0.25, 0.3) is 5.91 Å². The summed E-state index contributed by atoms with van der Waals surface area (Å²) in [6.45, 7) is 8.46. The Morgan fingerprint density at radius 3 is 2.65 bits per heavy atom. The Balaban J connectivity index is 1.86. The van der Waals surface area contributed by atoms with Crippen molar-refractivity contribution in [3.05, 3.63) is 45.7 Å². The molecule has 0 spiro atoms. The highest BCUT2D eigenvalue weighted by atomic mass is 32.1. The molecule has 3 aromatic rings. The van der Waals surface area contributed by atoms with E-state index in [0.717, 1.165) is 26.7 Å². The van der Waals surface area contributed by atoms with Crippen LogP contribution in [0, 0.1) is 13.8 Å². The second-order valence-electron chi connectivity index (χ2n) is 5.80. The molecule has 0 aliphatic rings. The molecule has 6 heteroatoms. The third-order valence-corrected chi connectivity index (χ3v) is 4.60. The zero-order valence-corrected chi connectivity index (χ0v) is 14.6. The van der Waals surface area contributed by atoms with Crippen molar-refractivity contribution in [3.63, 3.8) is 0 Å². The summed E-state index contributed by atoms with van der Waals surface area (Å²) < 4.78 is 2.16. The molecule has 5 nitrogen and oxygen atoms in total. The zero-order valence-electron chi connectivity index (χ0n) is 13.8. The number of rotatable bonds is 4. The maximum Gasteiger partial charge on any atom is 0.271 e. The summed E-state index contributed by atoms with van der Waals surface area (Å²) in [4.78, 5) is 22.2. The van der Waals surface area contributed by atoms with Crippen molar-refractivity contribution in [2.24, 2.45) is 0 Å². The molecule has 23 heavy (non-hydrogen) atoms. The van der Waals surface area contributed by atoms with E-state index < -0.39 is 0 Å². The first-order valence-electron chi connectivity index (χ1n) is 7.65. The second kappa shape index (κ2) is 6.12. The van der Waals surface area contributed by atoms with E-state index in [4.69, 9.17) is 0 Å². The first-order chi connectivity index (χ1) is 11.0. The minimum Gasteiger partial charge on any atom is -0.343 e. The van der Waals surface area contributed by atoms with Gasteiger partial charge >= 0.3 is 0 Å². The van der Waals surface area contributed by atoms with Crippen LogP contribution in [0.3, 0.4) is 0 Å². The van der Waals surface area contributed by atoms with E-state index >= 15 is 0 Å². The number of thiazole rings is 1. The summed E-state index contributed by atoms with van der Waals surface area (Å²) in [5.74, 6) is 0.716. The normalized spacial score (nSPS) is 11.3. The van der Waals surface area contributed by atoms with Crippen molar-refractivity contribution in [1.82, 2.24) is 19.9 Å². The summed E-state index contributed by atoms with van der Waals surface area (Å²) in [7, 11) is 0. The number of imidazole rings is 1. The smallest absolute Gasteiger partial charge is 0.271 e. The van der Waals surface area contributed by atoms with Gasteiger partial charge in [-0.3, -0.25) is 4.79 Å². The van der Waals surface area contributed by atoms with Gasteiger partial charge in [0, 0.05) is 10.9 Å². The van der Waals surface area contributed by atoms with Crippen LogP contribution in [0.1, 0.15) is 46.1 Å². The molecule has 0 saturated carbocycles. The van der Waals surface area contributed by atoms with E-state index in [-0.39, 0.29) is 11.9 Å². The highest BCUT2D eigenvalue weighted by molar-refractivity contribution is 7.11. The number of amides is 1. The van der Waals surface area contributed by atoms with Crippen LogP contribution in [-0.4, -0.2) is 20.4 Å². The second-order valence-corrected chi connectivity index (χ2v) is 7.21. The molecule has 0 unspecified atom stereocenters. The van der Waals surface area contributed by atoms with Crippen LogP contribution >= 0.6 is 11.3 Å². The number of aromatic nitrogens is 3. The van der Waals surface area contributed by atoms with E-state index in [1.807, 2.05) is 32.0 Å². The van der Waals surface area contributed by atoms with Crippen LogP contribution in [0.15, 0.2) is 24.3 Å². The topological polar surface area (TPSA) is 59.8 Å². The molecular weight excluding hydrogens is 308 g/mol. The van der Waals surface area contributed by atoms with Crippen LogP contribution in [-0.2, 0) is 6.54 Å². The molecule has 0 fully saturated rings. The van der Waals surface area contributed by atoms with Crippen molar-refractivity contribution in [1.29, 1.82) is 0 Å². The number of benzene rings is 1. The van der Waals surface area contributed by atoms with Gasteiger partial charge in [0.2, 0.25) is 0 Å². The molecule has 0 bridgehead atoms. The van der Waals surface area contributed by atoms with Gasteiger partial charge in [-0.05, 0) is 39.8 Å². The molecule has 120 valence electrons. The van der Waals surface area contributed by atoms with Crippen molar-refractivity contribution >= 4 is 28.3 Å². The third kappa shape index (κ3) is 2.99. The summed E-state index contributed by atoms with van der Waals surface area (Å²) in [6, 6.07) is 8.31. The van der Waals surface area contributed by atoms with Crippen molar-refractivity contribution < 1.29 is 4.79 Å². The summed E-state index contributed by atoms with van der Waals surface area (Å²) >= 11 is 1.54. The maximum absolute atomic E-state index is 12.3. The molecule has 1 aromatic carbocycles. The van der Waals surface area contributed by atoms with Crippen LogP contribution < -0.4 is 5.32 Å². The predicted molar refractivity (Wildman–Crippen MR) is 92.9 cm³/mol. The van der Waals surface area contributed by atoms with E-state index in [1.54, 1.807) is 0 Å². The van der Waals surface area contributed by atoms with Gasteiger partial charge in [0.1, 0.15) is 11.5 Å². The Hall–Kier alpha value is -2.21. The number of para-hydroxylation sites is 2. The standard InChI is InChI=1S/C17H20N4OS/c1-10(2)21-14-8-6-5-7-13(14)20-15(21)9-18-17(22)16-11(3)23-12(4)19-16/h5-8,10H,9H2,1-4H3,(H,18,22). The maximum atomic E-state index is 12.3. The fourth-order valence-electron chi connectivity index (χ4n) is 2.78. The molecule has 1 amide bonds. The number of nitrogens with one attached hydrogen (secondary N) is 1. The van der Waals surface area contributed by atoms with Crippen LogP contribution in [0.25, 0.3) is 11.0 Å². The largest absolute Gasteiger partial charge is 0.343 e. The summed E-state index contributed by atoms with van der Waals surface area (Å²) in [5.41, 5.74) is 2.55. The Morgan fingerprint density at radius 1 is 1.26 bits per heavy atom. The van der Waals surface area contributed by atoms with E-state index in [9.17, 15) is 4.79 Å². The minimum atomic E-state index is -0.144. The Morgan fingerprint density at radius 2 is 2.00 bits per heavy atom. The molecule has 1 N–H and O–H groups in total. The quantitative estimate of drug-likeness (QED) is 0.796. The van der Waals surface area contributed by atoms with Gasteiger partial charge in [-0.15, -0.1) is 11.3 Å². The van der Waals surface area contributed by atoms with Gasteiger partial charge in [-0.2, -0.15) is 0 Å². The predicted octanol–water partition coefficient (Wildman–Crippen LogP) is 3.62. The first kappa shape index (κ1) is 15.7. The SMILES string of the molecule is Cc1nc(C(=O)NCc2nc3ccccc3n2C(C)C)c(C)s1. The lowest BCUT2D eigenvalue weighted by Gasteiger charge is -2.13. The lowest BCUT2D eigenvalue weighted by atomic mass is 10.3. The minimum absolute atomic E-state index is 0.144. The highest BCUT2D eigenvalue weighted by Gasteiger charge is 2.17. The fourth-order valence-corrected chi connectivity index (χ4v) is 3.59. The van der Waals surface area contributed by atoms with Crippen LogP contribution in [0.4, 0.5) is 0 Å². The Kier molecular flexibility index (Phi) is 4.17. The van der Waals surface area contributed by atoms with Crippen molar-refractivity contribution in [2.45, 2.75) is 40.3 Å². The zero-order chi connectivity index (χ0) is 16.6. The molecule has 2 heterocycles. The van der Waals surface area contributed by atoms with Crippen LogP contribution in [0.5, 0.6) is 0 Å². The summed E-state index contributed by atoms with van der Waals surface area (Å²) in [5, 5.41) is 3.85. The fraction of sp³-hybridized carbons (Fsp3) is 0.353. The number of hydrogen-bond acceptors (Lipinski definition) is 4. The summed E-state index contributed by atoms with van der Waals surface area (Å²) in [6.07, 6.45) is 0. The molecule has 0 aliphatic heterocycles.